The minimum Gasteiger partial charge on any atom is -0.339 e. The molecule has 0 N–H and O–H groups in total. The van der Waals surface area contributed by atoms with E-state index in [9.17, 15) is 4.79 Å². The van der Waals surface area contributed by atoms with E-state index in [0.717, 1.165) is 46.7 Å². The zero-order chi connectivity index (χ0) is 14.5. The van der Waals surface area contributed by atoms with Crippen molar-refractivity contribution in [2.75, 3.05) is 13.1 Å². The lowest BCUT2D eigenvalue weighted by molar-refractivity contribution is 0.0756. The summed E-state index contributed by atoms with van der Waals surface area (Å²) in [5.74, 6) is 0.138. The quantitative estimate of drug-likeness (QED) is 0.764. The van der Waals surface area contributed by atoms with Crippen LogP contribution in [0.1, 0.15) is 37.0 Å². The summed E-state index contributed by atoms with van der Waals surface area (Å²) in [5.41, 5.74) is 0.779. The Balaban J connectivity index is 2.31. The van der Waals surface area contributed by atoms with Gasteiger partial charge in [0.05, 0.1) is 0 Å². The van der Waals surface area contributed by atoms with Gasteiger partial charge in [0.1, 0.15) is 0 Å². The molecule has 0 spiro atoms. The molecule has 3 heteroatoms. The molecule has 20 heavy (non-hydrogen) atoms. The van der Waals surface area contributed by atoms with Gasteiger partial charge in [0.15, 0.2) is 0 Å². The molecule has 2 aromatic carbocycles. The first-order valence-corrected chi connectivity index (χ1v) is 7.93. The lowest BCUT2D eigenvalue weighted by Gasteiger charge is -2.21. The fraction of sp³-hybridized carbons (Fsp3) is 0.353. The third-order valence-corrected chi connectivity index (χ3v) is 3.82. The number of hydrogen-bond acceptors (Lipinski definition) is 1. The fourth-order valence-electron chi connectivity index (χ4n) is 2.39. The highest BCUT2D eigenvalue weighted by atomic mass is 79.9. The predicted octanol–water partition coefficient (Wildman–Crippen LogP) is 4.86. The van der Waals surface area contributed by atoms with Crippen LogP contribution in [0.15, 0.2) is 40.9 Å². The maximum absolute atomic E-state index is 12.6. The molecular formula is C17H20BrNO. The fourth-order valence-corrected chi connectivity index (χ4v) is 2.77. The van der Waals surface area contributed by atoms with Gasteiger partial charge < -0.3 is 4.90 Å². The topological polar surface area (TPSA) is 20.3 Å². The third-order valence-electron chi connectivity index (χ3n) is 3.32. The molecule has 0 aliphatic carbocycles. The molecule has 0 fully saturated rings. The third kappa shape index (κ3) is 3.40. The van der Waals surface area contributed by atoms with Crippen molar-refractivity contribution < 1.29 is 4.79 Å². The Bertz CT molecular complexity index is 603. The van der Waals surface area contributed by atoms with Gasteiger partial charge in [0.2, 0.25) is 0 Å². The van der Waals surface area contributed by atoms with Crippen LogP contribution in [0.4, 0.5) is 0 Å². The van der Waals surface area contributed by atoms with E-state index in [-0.39, 0.29) is 5.91 Å². The van der Waals surface area contributed by atoms with E-state index < -0.39 is 0 Å². The highest BCUT2D eigenvalue weighted by Crippen LogP contribution is 2.21. The SMILES string of the molecule is CCCN(CCC)C(=O)c1ccc2cc(Br)ccc2c1. The Morgan fingerprint density at radius 2 is 1.60 bits per heavy atom. The van der Waals surface area contributed by atoms with Crippen molar-refractivity contribution in [3.63, 3.8) is 0 Å². The Hall–Kier alpha value is -1.35. The van der Waals surface area contributed by atoms with Crippen LogP contribution >= 0.6 is 15.9 Å². The molecule has 0 aliphatic heterocycles. The minimum absolute atomic E-state index is 0.138. The van der Waals surface area contributed by atoms with Gasteiger partial charge in [-0.25, -0.2) is 0 Å². The number of hydrogen-bond donors (Lipinski definition) is 0. The number of benzene rings is 2. The second-order valence-electron chi connectivity index (χ2n) is 5.00. The molecular weight excluding hydrogens is 314 g/mol. The molecule has 0 radical (unpaired) electrons. The summed E-state index contributed by atoms with van der Waals surface area (Å²) >= 11 is 3.47. The van der Waals surface area contributed by atoms with Crippen LogP contribution in [0, 0.1) is 0 Å². The van der Waals surface area contributed by atoms with Crippen molar-refractivity contribution in [3.05, 3.63) is 46.4 Å². The second-order valence-corrected chi connectivity index (χ2v) is 5.91. The average molecular weight is 334 g/mol. The molecule has 0 unspecified atom stereocenters. The van der Waals surface area contributed by atoms with Gasteiger partial charge in [-0.3, -0.25) is 4.79 Å². The first-order valence-electron chi connectivity index (χ1n) is 7.14. The molecule has 0 atom stereocenters. The van der Waals surface area contributed by atoms with Crippen LogP contribution < -0.4 is 0 Å². The summed E-state index contributed by atoms with van der Waals surface area (Å²) in [6, 6.07) is 12.0. The number of carbonyl (C=O) groups is 1. The van der Waals surface area contributed by atoms with Crippen LogP contribution in [0.3, 0.4) is 0 Å². The lowest BCUT2D eigenvalue weighted by Crippen LogP contribution is -2.32. The number of halogens is 1. The van der Waals surface area contributed by atoms with Crippen LogP contribution in [0.2, 0.25) is 0 Å². The number of carbonyl (C=O) groups excluding carboxylic acids is 1. The molecule has 2 aromatic rings. The van der Waals surface area contributed by atoms with E-state index in [1.54, 1.807) is 0 Å². The lowest BCUT2D eigenvalue weighted by atomic mass is 10.1. The molecule has 106 valence electrons. The first kappa shape index (κ1) is 15.0. The summed E-state index contributed by atoms with van der Waals surface area (Å²) in [6.45, 7) is 5.86. The summed E-state index contributed by atoms with van der Waals surface area (Å²) < 4.78 is 1.06. The van der Waals surface area contributed by atoms with Crippen LogP contribution in [0.5, 0.6) is 0 Å². The van der Waals surface area contributed by atoms with E-state index in [0.29, 0.717) is 0 Å². The van der Waals surface area contributed by atoms with E-state index >= 15 is 0 Å². The molecule has 2 nitrogen and oxygen atoms in total. The van der Waals surface area contributed by atoms with Crippen LogP contribution in [-0.4, -0.2) is 23.9 Å². The van der Waals surface area contributed by atoms with E-state index in [2.05, 4.69) is 35.8 Å². The summed E-state index contributed by atoms with van der Waals surface area (Å²) in [7, 11) is 0. The minimum atomic E-state index is 0.138. The molecule has 0 bridgehead atoms. The van der Waals surface area contributed by atoms with E-state index in [4.69, 9.17) is 0 Å². The Kier molecular flexibility index (Phi) is 5.18. The molecule has 0 heterocycles. The van der Waals surface area contributed by atoms with Crippen LogP contribution in [-0.2, 0) is 0 Å². The average Bonchev–Trinajstić information content (AvgIpc) is 2.45. The normalized spacial score (nSPS) is 10.8. The maximum atomic E-state index is 12.6. The molecule has 2 rings (SSSR count). The van der Waals surface area contributed by atoms with Gasteiger partial charge >= 0.3 is 0 Å². The number of rotatable bonds is 5. The molecule has 0 aromatic heterocycles. The standard InChI is InChI=1S/C17H20BrNO/c1-3-9-19(10-4-2)17(20)15-6-5-14-12-16(18)8-7-13(14)11-15/h5-8,11-12H,3-4,9-10H2,1-2H3. The van der Waals surface area contributed by atoms with Gasteiger partial charge in [0, 0.05) is 23.1 Å². The number of nitrogens with zero attached hydrogens (tertiary/aromatic N) is 1. The van der Waals surface area contributed by atoms with E-state index in [1.165, 1.54) is 0 Å². The van der Waals surface area contributed by atoms with Crippen molar-refractivity contribution in [2.45, 2.75) is 26.7 Å². The second kappa shape index (κ2) is 6.89. The summed E-state index contributed by atoms with van der Waals surface area (Å²) in [5, 5.41) is 2.25. The highest BCUT2D eigenvalue weighted by molar-refractivity contribution is 9.10. The molecule has 0 saturated carbocycles. The van der Waals surface area contributed by atoms with Crippen molar-refractivity contribution in [1.82, 2.24) is 4.90 Å². The Labute approximate surface area is 128 Å². The monoisotopic (exact) mass is 333 g/mol. The molecule has 1 amide bonds. The van der Waals surface area contributed by atoms with Crippen molar-refractivity contribution >= 4 is 32.6 Å². The van der Waals surface area contributed by atoms with Gasteiger partial charge in [0.25, 0.3) is 5.91 Å². The van der Waals surface area contributed by atoms with Crippen molar-refractivity contribution in [1.29, 1.82) is 0 Å². The van der Waals surface area contributed by atoms with Gasteiger partial charge in [-0.1, -0.05) is 41.9 Å². The van der Waals surface area contributed by atoms with Crippen LogP contribution in [0.25, 0.3) is 10.8 Å². The zero-order valence-corrected chi connectivity index (χ0v) is 13.6. The molecule has 0 saturated heterocycles. The zero-order valence-electron chi connectivity index (χ0n) is 12.0. The van der Waals surface area contributed by atoms with Gasteiger partial charge in [-0.05, 0) is 47.9 Å². The Morgan fingerprint density at radius 1 is 1.00 bits per heavy atom. The van der Waals surface area contributed by atoms with Gasteiger partial charge in [-0.15, -0.1) is 0 Å². The maximum Gasteiger partial charge on any atom is 0.253 e. The largest absolute Gasteiger partial charge is 0.339 e. The molecule has 0 aliphatic rings. The van der Waals surface area contributed by atoms with E-state index in [1.807, 2.05) is 35.2 Å². The van der Waals surface area contributed by atoms with Gasteiger partial charge in [-0.2, -0.15) is 0 Å². The van der Waals surface area contributed by atoms with Crippen molar-refractivity contribution in [2.24, 2.45) is 0 Å². The summed E-state index contributed by atoms with van der Waals surface area (Å²) in [6.07, 6.45) is 1.98. The highest BCUT2D eigenvalue weighted by Gasteiger charge is 2.14. The number of fused-ring (bicyclic) bond motifs is 1. The van der Waals surface area contributed by atoms with Crippen molar-refractivity contribution in [3.8, 4) is 0 Å². The first-order chi connectivity index (χ1) is 9.65. The number of amides is 1. The Morgan fingerprint density at radius 3 is 2.25 bits per heavy atom. The smallest absolute Gasteiger partial charge is 0.253 e. The summed E-state index contributed by atoms with van der Waals surface area (Å²) in [4.78, 5) is 14.5. The predicted molar refractivity (Wildman–Crippen MR) is 88.1 cm³/mol.